The van der Waals surface area contributed by atoms with Gasteiger partial charge in [-0.3, -0.25) is 0 Å². The van der Waals surface area contributed by atoms with Crippen molar-refractivity contribution in [1.82, 2.24) is 4.98 Å². The topological polar surface area (TPSA) is 45.9 Å². The maximum absolute atomic E-state index is 8.77. The Bertz CT molecular complexity index is 643. The van der Waals surface area contributed by atoms with Gasteiger partial charge >= 0.3 is 0 Å². The van der Waals surface area contributed by atoms with Gasteiger partial charge in [0.05, 0.1) is 18.7 Å². The van der Waals surface area contributed by atoms with Crippen LogP contribution in [0.5, 0.6) is 5.75 Å². The minimum atomic E-state index is 0.559. The number of hydrogen-bond donors (Lipinski definition) is 0. The van der Waals surface area contributed by atoms with Gasteiger partial charge < -0.3 is 4.74 Å². The lowest BCUT2D eigenvalue weighted by molar-refractivity contribution is 0.415. The minimum absolute atomic E-state index is 0.559. The quantitative estimate of drug-likeness (QED) is 0.711. The average molecular weight is 234 g/mol. The van der Waals surface area contributed by atoms with E-state index >= 15 is 0 Å². The van der Waals surface area contributed by atoms with Crippen LogP contribution in [-0.4, -0.2) is 12.1 Å². The fourth-order valence-corrected chi connectivity index (χ4v) is 1.38. The van der Waals surface area contributed by atoms with Crippen LogP contribution < -0.4 is 4.74 Å². The fraction of sp³-hybridized carbons (Fsp3) is 0.0667. The van der Waals surface area contributed by atoms with E-state index in [2.05, 4.69) is 22.9 Å². The summed E-state index contributed by atoms with van der Waals surface area (Å²) in [5.41, 5.74) is 2.02. The average Bonchev–Trinajstić information content (AvgIpc) is 2.46. The van der Waals surface area contributed by atoms with Crippen LogP contribution in [0.3, 0.4) is 0 Å². The van der Waals surface area contributed by atoms with E-state index in [0.29, 0.717) is 11.3 Å². The highest BCUT2D eigenvalue weighted by Gasteiger charge is 1.93. The lowest BCUT2D eigenvalue weighted by atomic mass is 10.2. The standard InChI is InChI=1S/C15H10N2O/c1-18-15-6-3-12(4-7-15)2-5-14-10-13(11-16)8-9-17-14/h3-4,6-10H,1H3. The molecule has 1 aromatic heterocycles. The molecule has 18 heavy (non-hydrogen) atoms. The number of nitrogens with zero attached hydrogens (tertiary/aromatic N) is 2. The van der Waals surface area contributed by atoms with Gasteiger partial charge in [-0.2, -0.15) is 5.26 Å². The summed E-state index contributed by atoms with van der Waals surface area (Å²) < 4.78 is 5.07. The highest BCUT2D eigenvalue weighted by atomic mass is 16.5. The number of rotatable bonds is 1. The van der Waals surface area contributed by atoms with E-state index in [1.54, 1.807) is 25.4 Å². The van der Waals surface area contributed by atoms with Crippen molar-refractivity contribution in [2.24, 2.45) is 0 Å². The van der Waals surface area contributed by atoms with Crippen molar-refractivity contribution in [2.45, 2.75) is 0 Å². The van der Waals surface area contributed by atoms with Crippen molar-refractivity contribution >= 4 is 0 Å². The number of nitriles is 1. The number of aromatic nitrogens is 1. The Morgan fingerprint density at radius 3 is 2.50 bits per heavy atom. The molecule has 0 radical (unpaired) electrons. The number of ether oxygens (including phenoxy) is 1. The van der Waals surface area contributed by atoms with Crippen molar-refractivity contribution < 1.29 is 4.74 Å². The molecule has 0 aliphatic carbocycles. The third-order valence-electron chi connectivity index (χ3n) is 2.31. The zero-order valence-electron chi connectivity index (χ0n) is 9.84. The van der Waals surface area contributed by atoms with Crippen LogP contribution in [0.15, 0.2) is 42.6 Å². The van der Waals surface area contributed by atoms with E-state index < -0.39 is 0 Å². The second-order valence-electron chi connectivity index (χ2n) is 3.52. The Hall–Kier alpha value is -2.78. The van der Waals surface area contributed by atoms with Gasteiger partial charge in [-0.15, -0.1) is 0 Å². The van der Waals surface area contributed by atoms with Crippen molar-refractivity contribution in [1.29, 1.82) is 5.26 Å². The summed E-state index contributed by atoms with van der Waals surface area (Å²) in [5, 5.41) is 8.77. The zero-order valence-corrected chi connectivity index (χ0v) is 9.84. The monoisotopic (exact) mass is 234 g/mol. The summed E-state index contributed by atoms with van der Waals surface area (Å²) in [6.07, 6.45) is 1.58. The minimum Gasteiger partial charge on any atom is -0.497 e. The first-order valence-corrected chi connectivity index (χ1v) is 5.34. The number of methoxy groups -OCH3 is 1. The molecule has 0 atom stereocenters. The van der Waals surface area contributed by atoms with E-state index in [4.69, 9.17) is 10.00 Å². The summed E-state index contributed by atoms with van der Waals surface area (Å²) in [4.78, 5) is 4.09. The van der Waals surface area contributed by atoms with Crippen LogP contribution in [0.2, 0.25) is 0 Å². The Morgan fingerprint density at radius 2 is 1.83 bits per heavy atom. The van der Waals surface area contributed by atoms with Crippen molar-refractivity contribution in [3.63, 3.8) is 0 Å². The van der Waals surface area contributed by atoms with Gasteiger partial charge in [-0.1, -0.05) is 5.92 Å². The van der Waals surface area contributed by atoms with E-state index in [0.717, 1.165) is 11.3 Å². The molecule has 0 N–H and O–H groups in total. The summed E-state index contributed by atoms with van der Waals surface area (Å²) in [5.74, 6) is 6.70. The summed E-state index contributed by atoms with van der Waals surface area (Å²) in [7, 11) is 1.62. The molecular formula is C15H10N2O. The predicted octanol–water partition coefficient (Wildman–Crippen LogP) is 2.36. The Labute approximate surface area is 106 Å². The molecule has 1 heterocycles. The van der Waals surface area contributed by atoms with E-state index in [1.807, 2.05) is 24.3 Å². The molecule has 0 fully saturated rings. The second-order valence-corrected chi connectivity index (χ2v) is 3.52. The maximum Gasteiger partial charge on any atom is 0.118 e. The SMILES string of the molecule is COc1ccc(C#Cc2cc(C#N)ccn2)cc1. The van der Waals surface area contributed by atoms with Crippen LogP contribution in [0.4, 0.5) is 0 Å². The molecule has 0 spiro atoms. The molecule has 0 saturated heterocycles. The summed E-state index contributed by atoms with van der Waals surface area (Å²) >= 11 is 0. The van der Waals surface area contributed by atoms with Gasteiger partial charge in [0.1, 0.15) is 11.4 Å². The Morgan fingerprint density at radius 1 is 1.06 bits per heavy atom. The molecule has 0 aliphatic rings. The fourth-order valence-electron chi connectivity index (χ4n) is 1.38. The van der Waals surface area contributed by atoms with Gasteiger partial charge in [-0.05, 0) is 42.3 Å². The first kappa shape index (κ1) is 11.7. The highest BCUT2D eigenvalue weighted by molar-refractivity contribution is 5.44. The smallest absolute Gasteiger partial charge is 0.118 e. The van der Waals surface area contributed by atoms with E-state index in [9.17, 15) is 0 Å². The molecule has 86 valence electrons. The number of benzene rings is 1. The molecule has 2 aromatic rings. The molecule has 0 bridgehead atoms. The summed E-state index contributed by atoms with van der Waals surface area (Å²) in [6.45, 7) is 0. The predicted molar refractivity (Wildman–Crippen MR) is 67.9 cm³/mol. The van der Waals surface area contributed by atoms with Gasteiger partial charge in [0, 0.05) is 11.8 Å². The molecule has 3 heteroatoms. The molecule has 0 aliphatic heterocycles. The van der Waals surface area contributed by atoms with Crippen LogP contribution in [-0.2, 0) is 0 Å². The van der Waals surface area contributed by atoms with Gasteiger partial charge in [-0.25, -0.2) is 4.98 Å². The summed E-state index contributed by atoms with van der Waals surface area (Å²) in [6, 6.07) is 12.8. The first-order chi connectivity index (χ1) is 8.81. The van der Waals surface area contributed by atoms with Gasteiger partial charge in [0.15, 0.2) is 0 Å². The van der Waals surface area contributed by atoms with Crippen molar-refractivity contribution in [3.8, 4) is 23.7 Å². The Kier molecular flexibility index (Phi) is 3.59. The highest BCUT2D eigenvalue weighted by Crippen LogP contribution is 2.10. The first-order valence-electron chi connectivity index (χ1n) is 5.34. The lowest BCUT2D eigenvalue weighted by Gasteiger charge is -1.97. The van der Waals surface area contributed by atoms with Crippen molar-refractivity contribution in [2.75, 3.05) is 7.11 Å². The van der Waals surface area contributed by atoms with Gasteiger partial charge in [0.25, 0.3) is 0 Å². The molecule has 0 saturated carbocycles. The third kappa shape index (κ3) is 2.87. The molecule has 2 rings (SSSR count). The van der Waals surface area contributed by atoms with Crippen LogP contribution in [0.1, 0.15) is 16.8 Å². The normalized spacial score (nSPS) is 8.89. The number of hydrogen-bond acceptors (Lipinski definition) is 3. The lowest BCUT2D eigenvalue weighted by Crippen LogP contribution is -1.84. The molecule has 0 amide bonds. The van der Waals surface area contributed by atoms with Crippen LogP contribution in [0, 0.1) is 23.2 Å². The maximum atomic E-state index is 8.77. The third-order valence-corrected chi connectivity index (χ3v) is 2.31. The zero-order chi connectivity index (χ0) is 12.8. The van der Waals surface area contributed by atoms with Crippen LogP contribution in [0.25, 0.3) is 0 Å². The molecule has 0 unspecified atom stereocenters. The molecule has 1 aromatic carbocycles. The number of pyridine rings is 1. The Balaban J connectivity index is 2.22. The van der Waals surface area contributed by atoms with Crippen LogP contribution >= 0.6 is 0 Å². The molecule has 3 nitrogen and oxygen atoms in total. The van der Waals surface area contributed by atoms with E-state index in [-0.39, 0.29) is 0 Å². The largest absolute Gasteiger partial charge is 0.497 e. The van der Waals surface area contributed by atoms with Crippen molar-refractivity contribution in [3.05, 3.63) is 59.4 Å². The van der Waals surface area contributed by atoms with E-state index in [1.165, 1.54) is 0 Å². The molecular weight excluding hydrogens is 224 g/mol. The second kappa shape index (κ2) is 5.52. The van der Waals surface area contributed by atoms with Gasteiger partial charge in [0.2, 0.25) is 0 Å².